The molecule has 140 valence electrons. The van der Waals surface area contributed by atoms with Crippen molar-refractivity contribution in [3.8, 4) is 17.0 Å². The van der Waals surface area contributed by atoms with E-state index in [1.54, 1.807) is 12.1 Å². The number of alkyl halides is 3. The second-order valence-electron chi connectivity index (χ2n) is 6.49. The molecule has 0 bridgehead atoms. The van der Waals surface area contributed by atoms with E-state index in [1.165, 1.54) is 6.20 Å². The second-order valence-corrected chi connectivity index (χ2v) is 6.49. The molecule has 27 heavy (non-hydrogen) atoms. The van der Waals surface area contributed by atoms with Gasteiger partial charge in [0.1, 0.15) is 17.0 Å². The molecule has 0 saturated heterocycles. The van der Waals surface area contributed by atoms with Gasteiger partial charge in [-0.05, 0) is 43.2 Å². The van der Waals surface area contributed by atoms with E-state index in [4.69, 9.17) is 0 Å². The fourth-order valence-corrected chi connectivity index (χ4v) is 3.08. The molecule has 1 aromatic carbocycles. The first-order valence-corrected chi connectivity index (χ1v) is 8.29. The minimum absolute atomic E-state index is 0.0722. The lowest BCUT2D eigenvalue weighted by atomic mass is 9.89. The molecule has 0 atom stereocenters. The van der Waals surface area contributed by atoms with Crippen LogP contribution in [0.15, 0.2) is 36.5 Å². The molecule has 2 heterocycles. The summed E-state index contributed by atoms with van der Waals surface area (Å²) < 4.78 is 38.5. The van der Waals surface area contributed by atoms with Crippen LogP contribution in [0.5, 0.6) is 5.75 Å². The molecule has 4 rings (SSSR count). The minimum Gasteiger partial charge on any atom is -0.507 e. The summed E-state index contributed by atoms with van der Waals surface area (Å²) >= 11 is 0. The van der Waals surface area contributed by atoms with Crippen LogP contribution in [0.3, 0.4) is 0 Å². The first kappa shape index (κ1) is 17.5. The summed E-state index contributed by atoms with van der Waals surface area (Å²) in [7, 11) is 0. The molecule has 0 amide bonds. The van der Waals surface area contributed by atoms with Crippen LogP contribution in [-0.2, 0) is 6.18 Å². The molecule has 9 heteroatoms. The lowest BCUT2D eigenvalue weighted by Crippen LogP contribution is -2.39. The number of aliphatic hydroxyl groups excluding tert-OH is 1. The number of nitrogens with one attached hydrogen (secondary N) is 1. The van der Waals surface area contributed by atoms with Gasteiger partial charge >= 0.3 is 6.18 Å². The summed E-state index contributed by atoms with van der Waals surface area (Å²) in [6, 6.07) is 6.25. The minimum atomic E-state index is -4.55. The van der Waals surface area contributed by atoms with Crippen LogP contribution in [0, 0.1) is 0 Å². The van der Waals surface area contributed by atoms with Crippen molar-refractivity contribution < 1.29 is 23.4 Å². The number of pyridine rings is 1. The van der Waals surface area contributed by atoms with Crippen LogP contribution < -0.4 is 5.32 Å². The molecule has 0 aliphatic heterocycles. The Bertz CT molecular complexity index is 1000. The van der Waals surface area contributed by atoms with E-state index in [1.807, 2.05) is 0 Å². The Kier molecular flexibility index (Phi) is 4.11. The molecule has 1 fully saturated rings. The molecule has 1 aliphatic rings. The van der Waals surface area contributed by atoms with Crippen LogP contribution in [0.1, 0.15) is 18.4 Å². The molecule has 0 radical (unpaired) electrons. The summed E-state index contributed by atoms with van der Waals surface area (Å²) in [6.45, 7) is 0. The number of phenols is 1. The Morgan fingerprint density at radius 3 is 2.56 bits per heavy atom. The summed E-state index contributed by atoms with van der Waals surface area (Å²) in [4.78, 5) is 4.27. The number of rotatable bonds is 3. The molecule has 1 aliphatic carbocycles. The zero-order chi connectivity index (χ0) is 19.2. The number of aliphatic hydroxyl groups is 1. The summed E-state index contributed by atoms with van der Waals surface area (Å²) in [5, 5.41) is 31.6. The predicted molar refractivity (Wildman–Crippen MR) is 92.1 cm³/mol. The lowest BCUT2D eigenvalue weighted by molar-refractivity contribution is -0.137. The van der Waals surface area contributed by atoms with Crippen LogP contribution in [-0.4, -0.2) is 37.5 Å². The van der Waals surface area contributed by atoms with E-state index in [2.05, 4.69) is 20.5 Å². The van der Waals surface area contributed by atoms with Crippen LogP contribution >= 0.6 is 0 Å². The van der Waals surface area contributed by atoms with E-state index in [0.29, 0.717) is 35.6 Å². The Morgan fingerprint density at radius 2 is 1.89 bits per heavy atom. The highest BCUT2D eigenvalue weighted by atomic mass is 19.4. The third-order valence-electron chi connectivity index (χ3n) is 4.57. The van der Waals surface area contributed by atoms with E-state index >= 15 is 0 Å². The Hall–Kier alpha value is -2.94. The van der Waals surface area contributed by atoms with Crippen molar-refractivity contribution in [2.75, 3.05) is 5.32 Å². The standard InChI is InChI=1S/C18H15F3N4O2/c19-18(20,21)9-3-4-12(14(27)6-9)16-15-13(2-1-5-22-15)17(25-24-16)23-10-7-11(26)8-10/h1-6,10-11,26-27H,7-8H2,(H,23,25). The largest absolute Gasteiger partial charge is 0.507 e. The van der Waals surface area contributed by atoms with E-state index < -0.39 is 17.5 Å². The zero-order valence-electron chi connectivity index (χ0n) is 13.9. The SMILES string of the molecule is Oc1cc(C(F)(F)F)ccc1-c1nnc(NC2CC(O)C2)c2cccnc12. The Balaban J connectivity index is 1.77. The molecule has 1 saturated carbocycles. The Morgan fingerprint density at radius 1 is 1.11 bits per heavy atom. The van der Waals surface area contributed by atoms with Crippen molar-refractivity contribution in [2.24, 2.45) is 0 Å². The van der Waals surface area contributed by atoms with Gasteiger partial charge in [-0.3, -0.25) is 4.98 Å². The highest BCUT2D eigenvalue weighted by Gasteiger charge is 2.32. The number of hydrogen-bond acceptors (Lipinski definition) is 6. The summed E-state index contributed by atoms with van der Waals surface area (Å²) in [6.07, 6.45) is -2.15. The lowest BCUT2D eigenvalue weighted by Gasteiger charge is -2.32. The molecule has 0 unspecified atom stereocenters. The number of anilines is 1. The number of nitrogens with zero attached hydrogens (tertiary/aromatic N) is 3. The van der Waals surface area contributed by atoms with Gasteiger partial charge in [-0.1, -0.05) is 0 Å². The average Bonchev–Trinajstić information content (AvgIpc) is 2.60. The number of phenolic OH excluding ortho intramolecular Hbond substituents is 1. The normalized spacial score (nSPS) is 19.7. The van der Waals surface area contributed by atoms with Gasteiger partial charge in [0.25, 0.3) is 0 Å². The number of aromatic nitrogens is 3. The number of hydrogen-bond donors (Lipinski definition) is 3. The molecule has 0 spiro atoms. The summed E-state index contributed by atoms with van der Waals surface area (Å²) in [5.74, 6) is -0.0703. The Labute approximate surface area is 151 Å². The average molecular weight is 376 g/mol. The second kappa shape index (κ2) is 6.34. The van der Waals surface area contributed by atoms with Crippen molar-refractivity contribution in [1.82, 2.24) is 15.2 Å². The van der Waals surface area contributed by atoms with E-state index in [-0.39, 0.29) is 23.4 Å². The number of fused-ring (bicyclic) bond motifs is 1. The molecule has 2 aromatic heterocycles. The van der Waals surface area contributed by atoms with E-state index in [9.17, 15) is 23.4 Å². The monoisotopic (exact) mass is 376 g/mol. The van der Waals surface area contributed by atoms with Gasteiger partial charge in [0.05, 0.1) is 11.7 Å². The zero-order valence-corrected chi connectivity index (χ0v) is 13.9. The third-order valence-corrected chi connectivity index (χ3v) is 4.57. The van der Waals surface area contributed by atoms with Crippen LogP contribution in [0.4, 0.5) is 19.0 Å². The van der Waals surface area contributed by atoms with Crippen molar-refractivity contribution in [3.05, 3.63) is 42.1 Å². The topological polar surface area (TPSA) is 91.2 Å². The van der Waals surface area contributed by atoms with Crippen molar-refractivity contribution in [3.63, 3.8) is 0 Å². The highest BCUT2D eigenvalue weighted by Crippen LogP contribution is 2.38. The molecular weight excluding hydrogens is 361 g/mol. The van der Waals surface area contributed by atoms with Gasteiger partial charge in [0.2, 0.25) is 0 Å². The number of halogens is 3. The van der Waals surface area contributed by atoms with Gasteiger partial charge in [-0.15, -0.1) is 10.2 Å². The molecule has 3 N–H and O–H groups in total. The number of benzene rings is 1. The van der Waals surface area contributed by atoms with Gasteiger partial charge in [-0.25, -0.2) is 0 Å². The van der Waals surface area contributed by atoms with Crippen LogP contribution in [0.2, 0.25) is 0 Å². The molecular formula is C18H15F3N4O2. The predicted octanol–water partition coefficient (Wildman–Crippen LogP) is 3.35. The molecule has 3 aromatic rings. The fourth-order valence-electron chi connectivity index (χ4n) is 3.08. The van der Waals surface area contributed by atoms with Crippen LogP contribution in [0.25, 0.3) is 22.2 Å². The van der Waals surface area contributed by atoms with Gasteiger partial charge in [0, 0.05) is 23.2 Å². The highest BCUT2D eigenvalue weighted by molar-refractivity contribution is 5.98. The smallest absolute Gasteiger partial charge is 0.416 e. The maximum absolute atomic E-state index is 12.8. The first-order valence-electron chi connectivity index (χ1n) is 8.29. The van der Waals surface area contributed by atoms with Gasteiger partial charge < -0.3 is 15.5 Å². The third kappa shape index (κ3) is 3.25. The van der Waals surface area contributed by atoms with Gasteiger partial charge in [0.15, 0.2) is 5.82 Å². The van der Waals surface area contributed by atoms with Crippen molar-refractivity contribution >= 4 is 16.7 Å². The fraction of sp³-hybridized carbons (Fsp3) is 0.278. The van der Waals surface area contributed by atoms with Crippen molar-refractivity contribution in [1.29, 1.82) is 0 Å². The summed E-state index contributed by atoms with van der Waals surface area (Å²) in [5.41, 5.74) is -0.235. The first-order chi connectivity index (χ1) is 12.8. The number of aromatic hydroxyl groups is 1. The van der Waals surface area contributed by atoms with E-state index in [0.717, 1.165) is 12.1 Å². The maximum Gasteiger partial charge on any atom is 0.416 e. The molecule has 6 nitrogen and oxygen atoms in total. The van der Waals surface area contributed by atoms with Crippen molar-refractivity contribution in [2.45, 2.75) is 31.2 Å². The quantitative estimate of drug-likeness (QED) is 0.649. The maximum atomic E-state index is 12.8. The van der Waals surface area contributed by atoms with Gasteiger partial charge in [-0.2, -0.15) is 13.2 Å².